The molecule has 0 amide bonds. The number of nitrogens with one attached hydrogen (secondary N) is 1. The first-order valence-electron chi connectivity index (χ1n) is 8.79. The van der Waals surface area contributed by atoms with Crippen LogP contribution in [0.3, 0.4) is 0 Å². The van der Waals surface area contributed by atoms with Gasteiger partial charge in [0.05, 0.1) is 23.4 Å². The number of esters is 1. The first kappa shape index (κ1) is 24.1. The van der Waals surface area contributed by atoms with Crippen molar-refractivity contribution in [3.05, 3.63) is 29.5 Å². The van der Waals surface area contributed by atoms with Crippen LogP contribution in [0.1, 0.15) is 16.1 Å². The lowest BCUT2D eigenvalue weighted by Crippen LogP contribution is -2.29. The number of carbonyl (C=O) groups excluding carboxylic acids is 1. The minimum absolute atomic E-state index is 0.0190. The summed E-state index contributed by atoms with van der Waals surface area (Å²) in [4.78, 5) is 12.7. The van der Waals surface area contributed by atoms with Crippen molar-refractivity contribution < 1.29 is 31.1 Å². The van der Waals surface area contributed by atoms with E-state index in [9.17, 15) is 21.6 Å². The molecule has 0 unspecified atom stereocenters. The smallest absolute Gasteiger partial charge is 0.340 e. The summed E-state index contributed by atoms with van der Waals surface area (Å²) in [6.45, 7) is 1.64. The molecule has 0 radical (unpaired) electrons. The molecule has 2 rings (SSSR count). The maximum Gasteiger partial charge on any atom is 0.340 e. The third kappa shape index (κ3) is 4.59. The summed E-state index contributed by atoms with van der Waals surface area (Å²) in [6.07, 6.45) is 0. The molecule has 0 fully saturated rings. The van der Waals surface area contributed by atoms with Crippen molar-refractivity contribution in [1.82, 2.24) is 12.6 Å². The fraction of sp³-hybridized carbons (Fsp3) is 0.471. The number of hydrogen-bond donors (Lipinski definition) is 1. The van der Waals surface area contributed by atoms with E-state index in [1.807, 2.05) is 0 Å². The highest BCUT2D eigenvalue weighted by Crippen LogP contribution is 2.31. The Morgan fingerprint density at radius 1 is 1.07 bits per heavy atom. The second-order valence-electron chi connectivity index (χ2n) is 6.77. The molecule has 2 aromatic rings. The van der Waals surface area contributed by atoms with Gasteiger partial charge in [-0.05, 0) is 25.1 Å². The van der Waals surface area contributed by atoms with E-state index in [2.05, 4.69) is 4.72 Å². The molecule has 1 heterocycles. The van der Waals surface area contributed by atoms with Crippen molar-refractivity contribution in [2.45, 2.75) is 6.92 Å². The van der Waals surface area contributed by atoms with E-state index in [4.69, 9.17) is 9.47 Å². The van der Waals surface area contributed by atoms with E-state index in [0.717, 1.165) is 12.6 Å². The monoisotopic (exact) mass is 462 g/mol. The second-order valence-corrected chi connectivity index (χ2v) is 10.6. The van der Waals surface area contributed by atoms with Gasteiger partial charge in [0, 0.05) is 46.4 Å². The van der Waals surface area contributed by atoms with Crippen LogP contribution in [-0.4, -0.2) is 83.9 Å². The van der Waals surface area contributed by atoms with Gasteiger partial charge < -0.3 is 9.47 Å². The van der Waals surface area contributed by atoms with Crippen LogP contribution in [0, 0.1) is 6.92 Å². The minimum Gasteiger partial charge on any atom is -0.460 e. The molecule has 1 aromatic heterocycles. The van der Waals surface area contributed by atoms with Gasteiger partial charge in [-0.2, -0.15) is 25.4 Å². The second kappa shape index (κ2) is 8.89. The van der Waals surface area contributed by atoms with Crippen LogP contribution in [0.25, 0.3) is 10.9 Å². The standard InChI is InChI=1S/C17H26N4O7S2/c1-12-16(17(22)28-10-9-27-6)14-11-13(18-29(23,24)19(2)3)7-8-15(14)21(12)30(25,26)20(4)5/h7-8,11,18H,9-10H2,1-6H3. The Kier molecular flexibility index (Phi) is 7.14. The van der Waals surface area contributed by atoms with E-state index < -0.39 is 26.4 Å². The first-order chi connectivity index (χ1) is 13.8. The predicted octanol–water partition coefficient (Wildman–Crippen LogP) is 0.626. The molecule has 0 atom stereocenters. The van der Waals surface area contributed by atoms with Gasteiger partial charge in [-0.25, -0.2) is 8.77 Å². The molecule has 168 valence electrons. The number of rotatable bonds is 9. The summed E-state index contributed by atoms with van der Waals surface area (Å²) in [5, 5.41) is 0.235. The van der Waals surface area contributed by atoms with Crippen molar-refractivity contribution in [2.24, 2.45) is 0 Å². The third-order valence-corrected chi connectivity index (χ3v) is 7.61. The van der Waals surface area contributed by atoms with E-state index >= 15 is 0 Å². The highest BCUT2D eigenvalue weighted by Gasteiger charge is 2.29. The molecule has 1 N–H and O–H groups in total. The Balaban J connectivity index is 2.73. The molecule has 11 nitrogen and oxygen atoms in total. The topological polar surface area (TPSA) is 127 Å². The highest BCUT2D eigenvalue weighted by atomic mass is 32.2. The van der Waals surface area contributed by atoms with Gasteiger partial charge in [0.2, 0.25) is 0 Å². The van der Waals surface area contributed by atoms with Gasteiger partial charge in [-0.3, -0.25) is 4.72 Å². The maximum absolute atomic E-state index is 12.9. The van der Waals surface area contributed by atoms with Gasteiger partial charge >= 0.3 is 26.4 Å². The number of aromatic nitrogens is 1. The average Bonchev–Trinajstić information content (AvgIpc) is 2.92. The van der Waals surface area contributed by atoms with Crippen LogP contribution in [-0.2, 0) is 29.9 Å². The minimum atomic E-state index is -3.96. The summed E-state index contributed by atoms with van der Waals surface area (Å²) in [7, 11) is -0.832. The third-order valence-electron chi connectivity index (χ3n) is 4.30. The number of carbonyl (C=O) groups is 1. The molecule has 0 aliphatic carbocycles. The zero-order valence-corrected chi connectivity index (χ0v) is 19.3. The van der Waals surface area contributed by atoms with Crippen LogP contribution >= 0.6 is 0 Å². The molecule has 0 aliphatic rings. The number of hydrogen-bond acceptors (Lipinski definition) is 7. The lowest BCUT2D eigenvalue weighted by atomic mass is 10.1. The van der Waals surface area contributed by atoms with Crippen molar-refractivity contribution in [1.29, 1.82) is 0 Å². The van der Waals surface area contributed by atoms with Gasteiger partial charge in [0.15, 0.2) is 0 Å². The number of nitrogens with zero attached hydrogens (tertiary/aromatic N) is 3. The number of anilines is 1. The van der Waals surface area contributed by atoms with E-state index in [1.54, 1.807) is 0 Å². The van der Waals surface area contributed by atoms with Gasteiger partial charge in [0.25, 0.3) is 0 Å². The van der Waals surface area contributed by atoms with Crippen molar-refractivity contribution in [3.63, 3.8) is 0 Å². The highest BCUT2D eigenvalue weighted by molar-refractivity contribution is 7.90. The van der Waals surface area contributed by atoms with Crippen molar-refractivity contribution >= 4 is 43.0 Å². The van der Waals surface area contributed by atoms with Gasteiger partial charge in [-0.1, -0.05) is 0 Å². The van der Waals surface area contributed by atoms with Crippen LogP contribution in [0.2, 0.25) is 0 Å². The number of benzene rings is 1. The SMILES string of the molecule is COCCOC(=O)c1c(C)n(S(=O)(=O)N(C)C)c2ccc(NS(=O)(=O)N(C)C)cc12. The molecule has 0 spiro atoms. The van der Waals surface area contributed by atoms with Crippen LogP contribution in [0.5, 0.6) is 0 Å². The fourth-order valence-electron chi connectivity index (χ4n) is 2.70. The Morgan fingerprint density at radius 2 is 1.70 bits per heavy atom. The van der Waals surface area contributed by atoms with Gasteiger partial charge in [0.1, 0.15) is 6.61 Å². The summed E-state index contributed by atoms with van der Waals surface area (Å²) < 4.78 is 65.5. The van der Waals surface area contributed by atoms with Crippen LogP contribution in [0.15, 0.2) is 18.2 Å². The molecular weight excluding hydrogens is 436 g/mol. The number of methoxy groups -OCH3 is 1. The Bertz CT molecular complexity index is 1150. The molecule has 1 aromatic carbocycles. The summed E-state index contributed by atoms with van der Waals surface area (Å²) in [6, 6.07) is 4.26. The average molecular weight is 463 g/mol. The van der Waals surface area contributed by atoms with E-state index in [1.165, 1.54) is 60.4 Å². The Labute approximate surface area is 176 Å². The molecule has 30 heavy (non-hydrogen) atoms. The number of ether oxygens (including phenoxy) is 2. The molecule has 0 aliphatic heterocycles. The summed E-state index contributed by atoms with van der Waals surface area (Å²) >= 11 is 0. The van der Waals surface area contributed by atoms with Crippen LogP contribution < -0.4 is 4.72 Å². The Hall–Kier alpha value is -2.19. The van der Waals surface area contributed by atoms with E-state index in [0.29, 0.717) is 0 Å². The van der Waals surface area contributed by atoms with Crippen molar-refractivity contribution in [3.8, 4) is 0 Å². The fourth-order valence-corrected chi connectivity index (χ4v) is 4.48. The van der Waals surface area contributed by atoms with Gasteiger partial charge in [-0.15, -0.1) is 0 Å². The summed E-state index contributed by atoms with van der Waals surface area (Å²) in [5.41, 5.74) is 0.556. The normalized spacial score (nSPS) is 12.7. The first-order valence-corrected chi connectivity index (χ1v) is 11.6. The maximum atomic E-state index is 12.9. The molecular formula is C17H26N4O7S2. The number of fused-ring (bicyclic) bond motifs is 1. The Morgan fingerprint density at radius 3 is 2.23 bits per heavy atom. The molecule has 0 saturated heterocycles. The van der Waals surface area contributed by atoms with E-state index in [-0.39, 0.29) is 41.1 Å². The molecule has 0 saturated carbocycles. The predicted molar refractivity (Wildman–Crippen MR) is 113 cm³/mol. The largest absolute Gasteiger partial charge is 0.460 e. The lowest BCUT2D eigenvalue weighted by Gasteiger charge is -2.16. The summed E-state index contributed by atoms with van der Waals surface area (Å²) in [5.74, 6) is -0.741. The molecule has 0 bridgehead atoms. The lowest BCUT2D eigenvalue weighted by molar-refractivity contribution is 0.0389. The van der Waals surface area contributed by atoms with Crippen LogP contribution in [0.4, 0.5) is 5.69 Å². The zero-order valence-electron chi connectivity index (χ0n) is 17.7. The zero-order chi connectivity index (χ0) is 22.9. The quantitative estimate of drug-likeness (QED) is 0.428. The van der Waals surface area contributed by atoms with Crippen molar-refractivity contribution in [2.75, 3.05) is 53.2 Å². The molecule has 13 heteroatoms.